The molecule has 0 fully saturated rings. The van der Waals surface area contributed by atoms with Gasteiger partial charge in [-0.15, -0.1) is 0 Å². The molecule has 3 atom stereocenters. The van der Waals surface area contributed by atoms with Crippen molar-refractivity contribution in [1.82, 2.24) is 13.7 Å². The summed E-state index contributed by atoms with van der Waals surface area (Å²) in [4.78, 5) is 43.6. The van der Waals surface area contributed by atoms with Crippen molar-refractivity contribution >= 4 is 0 Å². The third-order valence-corrected chi connectivity index (χ3v) is 9.32. The van der Waals surface area contributed by atoms with Gasteiger partial charge in [0.05, 0.1) is 18.1 Å². The van der Waals surface area contributed by atoms with Crippen LogP contribution in [-0.4, -0.2) is 29.0 Å². The van der Waals surface area contributed by atoms with E-state index in [1.54, 1.807) is 57.2 Å². The van der Waals surface area contributed by atoms with Gasteiger partial charge < -0.3 is 15.3 Å². The monoisotopic (exact) mass is 699 g/mol. The second kappa shape index (κ2) is 14.2. The highest BCUT2D eigenvalue weighted by Crippen LogP contribution is 2.33. The molecule has 9 heteroatoms. The van der Waals surface area contributed by atoms with E-state index < -0.39 is 35.2 Å². The summed E-state index contributed by atoms with van der Waals surface area (Å²) in [6.07, 6.45) is 1.71. The van der Waals surface area contributed by atoms with E-state index >= 15 is 0 Å². The topological polar surface area (TPSA) is 127 Å². The normalized spacial score (nSPS) is 14.4. The Morgan fingerprint density at radius 3 is 0.863 bits per heavy atom. The van der Waals surface area contributed by atoms with Crippen LogP contribution in [0.5, 0.6) is 17.2 Å². The van der Waals surface area contributed by atoms with Crippen molar-refractivity contribution in [2.45, 2.75) is 120 Å². The average Bonchev–Trinajstić information content (AvgIpc) is 2.98. The van der Waals surface area contributed by atoms with Gasteiger partial charge in [-0.25, -0.2) is 28.1 Å². The van der Waals surface area contributed by atoms with Crippen molar-refractivity contribution in [2.75, 3.05) is 0 Å². The molecular weight excluding hydrogens is 642 g/mol. The van der Waals surface area contributed by atoms with Gasteiger partial charge >= 0.3 is 17.1 Å². The Kier molecular flexibility index (Phi) is 11.0. The molecule has 0 bridgehead atoms. The molecule has 0 saturated carbocycles. The first kappa shape index (κ1) is 39.3. The van der Waals surface area contributed by atoms with Crippen molar-refractivity contribution in [3.8, 4) is 17.2 Å². The molecule has 0 aliphatic carbocycles. The third kappa shape index (κ3) is 9.04. The largest absolute Gasteiger partial charge is 0.508 e. The zero-order valence-electron chi connectivity index (χ0n) is 32.5. The molecule has 4 aromatic rings. The maximum absolute atomic E-state index is 14.5. The van der Waals surface area contributed by atoms with Gasteiger partial charge in [0, 0.05) is 0 Å². The van der Waals surface area contributed by atoms with Gasteiger partial charge in [0.2, 0.25) is 0 Å². The lowest BCUT2D eigenvalue weighted by Crippen LogP contribution is -2.57. The van der Waals surface area contributed by atoms with Crippen molar-refractivity contribution in [1.29, 1.82) is 0 Å². The number of phenols is 3. The molecular formula is C42H57N3O6. The first-order chi connectivity index (χ1) is 23.4. The molecule has 3 N–H and O–H groups in total. The lowest BCUT2D eigenvalue weighted by molar-refractivity contribution is 0.388. The Bertz CT molecular complexity index is 1820. The second-order valence-corrected chi connectivity index (χ2v) is 17.9. The lowest BCUT2D eigenvalue weighted by atomic mass is 9.87. The number of phenolic OH excluding ortho intramolecular Hbond substituents is 3. The Morgan fingerprint density at radius 2 is 0.667 bits per heavy atom. The fourth-order valence-corrected chi connectivity index (χ4v) is 6.77. The van der Waals surface area contributed by atoms with Crippen LogP contribution in [-0.2, 0) is 19.3 Å². The number of hydrogen-bond donors (Lipinski definition) is 3. The summed E-state index contributed by atoms with van der Waals surface area (Å²) in [6.45, 7) is 23.8. The van der Waals surface area contributed by atoms with Crippen LogP contribution < -0.4 is 17.1 Å². The molecule has 3 aromatic carbocycles. The number of aromatic nitrogens is 3. The Morgan fingerprint density at radius 1 is 0.451 bits per heavy atom. The first-order valence-electron chi connectivity index (χ1n) is 17.8. The van der Waals surface area contributed by atoms with Crippen LogP contribution in [0.2, 0.25) is 0 Å². The van der Waals surface area contributed by atoms with Gasteiger partial charge in [0.1, 0.15) is 17.2 Å². The molecule has 1 heterocycles. The van der Waals surface area contributed by atoms with Crippen LogP contribution >= 0.6 is 0 Å². The predicted molar refractivity (Wildman–Crippen MR) is 204 cm³/mol. The minimum absolute atomic E-state index is 0.132. The van der Waals surface area contributed by atoms with Gasteiger partial charge in [0.25, 0.3) is 0 Å². The number of hydrogen-bond acceptors (Lipinski definition) is 6. The van der Waals surface area contributed by atoms with Crippen LogP contribution in [0.3, 0.4) is 0 Å². The van der Waals surface area contributed by atoms with Crippen LogP contribution in [0.25, 0.3) is 0 Å². The maximum Gasteiger partial charge on any atom is 0.337 e. The van der Waals surface area contributed by atoms with E-state index in [1.165, 1.54) is 0 Å². The van der Waals surface area contributed by atoms with E-state index in [4.69, 9.17) is 0 Å². The summed E-state index contributed by atoms with van der Waals surface area (Å²) in [5.74, 6) is 0.402. The van der Waals surface area contributed by atoms with Crippen molar-refractivity contribution in [3.63, 3.8) is 0 Å². The first-order valence-corrected chi connectivity index (χ1v) is 17.8. The SMILES string of the molecule is CC(c1ccc(O)c(CC(C)(C)C)c1)n1c(=O)n(C(C)c2ccc(O)c(CC(C)(C)C)c2)c(=O)n(C(C)c2ccc(O)c(CC(C)(C)C)c2)c1=O. The number of aromatic hydroxyl groups is 3. The zero-order valence-corrected chi connectivity index (χ0v) is 32.5. The molecule has 0 aliphatic rings. The lowest BCUT2D eigenvalue weighted by Gasteiger charge is -2.26. The van der Waals surface area contributed by atoms with Gasteiger partial charge in [-0.05, 0) is 108 Å². The van der Waals surface area contributed by atoms with Gasteiger partial charge in [-0.2, -0.15) is 0 Å². The van der Waals surface area contributed by atoms with Crippen molar-refractivity contribution in [2.24, 2.45) is 16.2 Å². The van der Waals surface area contributed by atoms with E-state index in [0.29, 0.717) is 52.6 Å². The predicted octanol–water partition coefficient (Wildman–Crippen LogP) is 7.88. The molecule has 0 saturated heterocycles. The Hall–Kier alpha value is -4.53. The van der Waals surface area contributed by atoms with Gasteiger partial charge in [-0.3, -0.25) is 0 Å². The molecule has 9 nitrogen and oxygen atoms in total. The highest BCUT2D eigenvalue weighted by atomic mass is 16.3. The summed E-state index contributed by atoms with van der Waals surface area (Å²) < 4.78 is 3.36. The van der Waals surface area contributed by atoms with Crippen molar-refractivity contribution in [3.05, 3.63) is 119 Å². The van der Waals surface area contributed by atoms with E-state index in [9.17, 15) is 29.7 Å². The average molecular weight is 700 g/mol. The maximum atomic E-state index is 14.5. The summed E-state index contributed by atoms with van der Waals surface area (Å²) in [7, 11) is 0. The van der Waals surface area contributed by atoms with E-state index in [1.807, 2.05) is 18.2 Å². The molecule has 0 radical (unpaired) electrons. The Labute approximate surface area is 301 Å². The van der Waals surface area contributed by atoms with Gasteiger partial charge in [-0.1, -0.05) is 98.7 Å². The van der Waals surface area contributed by atoms with Crippen LogP contribution in [0, 0.1) is 16.2 Å². The smallest absolute Gasteiger partial charge is 0.337 e. The summed E-state index contributed by atoms with van der Waals surface area (Å²) in [5, 5.41) is 32.1. The van der Waals surface area contributed by atoms with Gasteiger partial charge in [0.15, 0.2) is 0 Å². The van der Waals surface area contributed by atoms with E-state index in [-0.39, 0.29) is 33.5 Å². The van der Waals surface area contributed by atoms with E-state index in [2.05, 4.69) is 62.3 Å². The summed E-state index contributed by atoms with van der Waals surface area (Å²) in [6, 6.07) is 12.9. The summed E-state index contributed by atoms with van der Waals surface area (Å²) >= 11 is 0. The second-order valence-electron chi connectivity index (χ2n) is 17.9. The highest BCUT2D eigenvalue weighted by molar-refractivity contribution is 5.40. The molecule has 1 aromatic heterocycles. The number of nitrogens with zero attached hydrogens (tertiary/aromatic N) is 3. The van der Waals surface area contributed by atoms with E-state index in [0.717, 1.165) is 13.7 Å². The van der Waals surface area contributed by atoms with Crippen molar-refractivity contribution < 1.29 is 15.3 Å². The molecule has 51 heavy (non-hydrogen) atoms. The highest BCUT2D eigenvalue weighted by Gasteiger charge is 2.28. The number of benzene rings is 3. The standard InChI is InChI=1S/C42H57N3O6/c1-25(28-13-16-34(46)31(19-28)22-40(4,5)6)43-37(49)44(26(2)29-14-17-35(47)32(20-29)23-41(7,8)9)39(51)45(38(43)50)27(3)30-15-18-36(48)33(21-30)24-42(10,11)12/h13-21,25-27,46-48H,22-24H2,1-12H3. The molecule has 0 amide bonds. The minimum atomic E-state index is -0.797. The minimum Gasteiger partial charge on any atom is -0.508 e. The Balaban J connectivity index is 2.01. The zero-order chi connectivity index (χ0) is 38.4. The fourth-order valence-electron chi connectivity index (χ4n) is 6.77. The quantitative estimate of drug-likeness (QED) is 0.163. The summed E-state index contributed by atoms with van der Waals surface area (Å²) in [5.41, 5.74) is 1.32. The molecule has 3 unspecified atom stereocenters. The third-order valence-electron chi connectivity index (χ3n) is 9.32. The van der Waals surface area contributed by atoms with Crippen LogP contribution in [0.15, 0.2) is 69.0 Å². The molecule has 0 spiro atoms. The molecule has 4 rings (SSSR count). The molecule has 276 valence electrons. The molecule has 0 aliphatic heterocycles. The van der Waals surface area contributed by atoms with Crippen LogP contribution in [0.1, 0.15) is 135 Å². The van der Waals surface area contributed by atoms with Crippen LogP contribution in [0.4, 0.5) is 0 Å². The number of rotatable bonds is 9. The fraction of sp³-hybridized carbons (Fsp3) is 0.500.